The van der Waals surface area contributed by atoms with Crippen LogP contribution in [0, 0.1) is 0 Å². The predicted octanol–water partition coefficient (Wildman–Crippen LogP) is 2.90. The van der Waals surface area contributed by atoms with E-state index in [0.29, 0.717) is 16.1 Å². The van der Waals surface area contributed by atoms with Crippen LogP contribution in [0.4, 0.5) is 13.2 Å². The molecular weight excluding hydrogens is 353 g/mol. The van der Waals surface area contributed by atoms with E-state index in [1.807, 2.05) is 0 Å². The summed E-state index contributed by atoms with van der Waals surface area (Å²) in [6, 6.07) is 9.17. The van der Waals surface area contributed by atoms with Gasteiger partial charge in [-0.1, -0.05) is 0 Å². The van der Waals surface area contributed by atoms with Gasteiger partial charge in [-0.15, -0.1) is 0 Å². The lowest BCUT2D eigenvalue weighted by Gasteiger charge is -2.09. The fraction of sp³-hybridized carbons (Fsp3) is 0.0625. The van der Waals surface area contributed by atoms with Gasteiger partial charge in [-0.25, -0.2) is 9.19 Å². The van der Waals surface area contributed by atoms with Crippen LogP contribution in [0.25, 0.3) is 17.1 Å². The lowest BCUT2D eigenvalue weighted by molar-refractivity contribution is -0.140. The normalized spacial score (nSPS) is 14.2. The first kappa shape index (κ1) is 17.2. The van der Waals surface area contributed by atoms with Crippen LogP contribution in [-0.4, -0.2) is 24.6 Å². The lowest BCUT2D eigenvalue weighted by atomic mass is 10.2. The van der Waals surface area contributed by atoms with E-state index in [1.54, 1.807) is 12.1 Å². The van der Waals surface area contributed by atoms with Crippen molar-refractivity contribution in [3.05, 3.63) is 60.7 Å². The van der Waals surface area contributed by atoms with Crippen molar-refractivity contribution in [3.8, 4) is 17.1 Å². The first-order valence-electron chi connectivity index (χ1n) is 6.99. The van der Waals surface area contributed by atoms with Crippen LogP contribution >= 0.6 is 0 Å². The molecule has 2 heterocycles. The highest BCUT2D eigenvalue weighted by atomic mass is 32.2. The molecule has 2 aromatic heterocycles. The molecule has 0 aliphatic rings. The number of nitrogens with zero attached hydrogens (tertiary/aromatic N) is 3. The molecule has 0 aliphatic heterocycles. The van der Waals surface area contributed by atoms with E-state index in [-0.39, 0.29) is 5.82 Å². The van der Waals surface area contributed by atoms with E-state index in [2.05, 4.69) is 15.8 Å². The lowest BCUT2D eigenvalue weighted by Crippen LogP contribution is -2.11. The molecule has 130 valence electrons. The van der Waals surface area contributed by atoms with Gasteiger partial charge in [-0.05, 0) is 42.3 Å². The Morgan fingerprint density at radius 2 is 1.84 bits per heavy atom. The number of aromatic nitrogens is 3. The molecule has 2 N–H and O–H groups in total. The van der Waals surface area contributed by atoms with E-state index >= 15 is 0 Å². The van der Waals surface area contributed by atoms with E-state index in [1.165, 1.54) is 41.2 Å². The van der Waals surface area contributed by atoms with Gasteiger partial charge in [0.1, 0.15) is 5.82 Å². The van der Waals surface area contributed by atoms with Crippen LogP contribution in [-0.2, 0) is 15.9 Å². The third kappa shape index (κ3) is 3.57. The maximum atomic E-state index is 13.1. The Hall–Kier alpha value is -2.65. The van der Waals surface area contributed by atoms with E-state index in [9.17, 15) is 17.4 Å². The number of halogens is 3. The summed E-state index contributed by atoms with van der Waals surface area (Å²) in [7, 11) is -2.90. The molecule has 5 nitrogen and oxygen atoms in total. The Labute approximate surface area is 142 Å². The van der Waals surface area contributed by atoms with Crippen molar-refractivity contribution in [3.63, 3.8) is 0 Å². The summed E-state index contributed by atoms with van der Waals surface area (Å²) in [6.45, 7) is 0. The van der Waals surface area contributed by atoms with Gasteiger partial charge >= 0.3 is 6.18 Å². The number of benzene rings is 1. The molecule has 0 saturated carbocycles. The molecule has 0 saturated heterocycles. The van der Waals surface area contributed by atoms with Crippen molar-refractivity contribution in [2.45, 2.75) is 11.1 Å². The average Bonchev–Trinajstić information content (AvgIpc) is 3.00. The molecule has 25 heavy (non-hydrogen) atoms. The Morgan fingerprint density at radius 1 is 1.16 bits per heavy atom. The third-order valence-electron chi connectivity index (χ3n) is 3.43. The zero-order valence-corrected chi connectivity index (χ0v) is 13.6. The van der Waals surface area contributed by atoms with E-state index < -0.39 is 21.6 Å². The number of hydrogen-bond donors (Lipinski definition) is 1. The molecular formula is C16H13F3N4OS. The highest BCUT2D eigenvalue weighted by molar-refractivity contribution is 7.98. The Kier molecular flexibility index (Phi) is 4.13. The van der Waals surface area contributed by atoms with Crippen LogP contribution in [0.2, 0.25) is 0 Å². The quantitative estimate of drug-likeness (QED) is 0.725. The minimum atomic E-state index is -4.58. The highest BCUT2D eigenvalue weighted by Crippen LogP contribution is 2.32. The molecule has 1 aromatic carbocycles. The van der Waals surface area contributed by atoms with Gasteiger partial charge in [0.25, 0.3) is 0 Å². The van der Waals surface area contributed by atoms with Crippen LogP contribution in [0.15, 0.2) is 59.9 Å². The molecule has 0 amide bonds. The molecule has 1 unspecified atom stereocenters. The SMILES string of the molecule is C=S(N)(=O)c1ccc(-n2cc(C(F)(F)F)nc2-c2cccnc2)cc1. The Bertz CT molecular complexity index is 994. The molecule has 0 aliphatic carbocycles. The van der Waals surface area contributed by atoms with E-state index in [4.69, 9.17) is 5.14 Å². The Balaban J connectivity index is 2.16. The Morgan fingerprint density at radius 3 is 2.36 bits per heavy atom. The molecule has 3 aromatic rings. The van der Waals surface area contributed by atoms with Crippen molar-refractivity contribution in [2.24, 2.45) is 5.14 Å². The molecule has 0 bridgehead atoms. The zero-order valence-electron chi connectivity index (χ0n) is 12.8. The highest BCUT2D eigenvalue weighted by Gasteiger charge is 2.35. The predicted molar refractivity (Wildman–Crippen MR) is 89.5 cm³/mol. The fourth-order valence-electron chi connectivity index (χ4n) is 2.25. The number of pyridine rings is 1. The molecule has 1 atom stereocenters. The standard InChI is InChI=1S/C16H13F3N4OS/c1-25(20,24)13-6-4-12(5-7-13)23-10-14(16(17,18)19)22-15(23)11-3-2-8-21-9-11/h2-10H,1H2,(H2,20,24). The minimum Gasteiger partial charge on any atom is -0.299 e. The fourth-order valence-corrected chi connectivity index (χ4v) is 2.85. The second-order valence-electron chi connectivity index (χ2n) is 5.28. The summed E-state index contributed by atoms with van der Waals surface area (Å²) >= 11 is 0. The number of imidazole rings is 1. The van der Waals surface area contributed by atoms with Crippen molar-refractivity contribution in [1.82, 2.24) is 14.5 Å². The van der Waals surface area contributed by atoms with Gasteiger partial charge in [0.2, 0.25) is 0 Å². The largest absolute Gasteiger partial charge is 0.434 e. The van der Waals surface area contributed by atoms with Crippen molar-refractivity contribution in [2.75, 3.05) is 0 Å². The summed E-state index contributed by atoms with van der Waals surface area (Å²) in [5, 5.41) is 5.47. The monoisotopic (exact) mass is 366 g/mol. The van der Waals surface area contributed by atoms with Gasteiger partial charge < -0.3 is 0 Å². The van der Waals surface area contributed by atoms with Gasteiger partial charge in [-0.2, -0.15) is 13.2 Å². The van der Waals surface area contributed by atoms with Crippen molar-refractivity contribution >= 4 is 15.6 Å². The smallest absolute Gasteiger partial charge is 0.299 e. The second-order valence-corrected chi connectivity index (χ2v) is 7.20. The van der Waals surface area contributed by atoms with Gasteiger partial charge in [0, 0.05) is 34.7 Å². The summed E-state index contributed by atoms with van der Waals surface area (Å²) in [4.78, 5) is 7.92. The van der Waals surface area contributed by atoms with Gasteiger partial charge in [-0.3, -0.25) is 14.7 Å². The first-order chi connectivity index (χ1) is 11.7. The summed E-state index contributed by atoms with van der Waals surface area (Å²) in [6.07, 6.45) is -0.735. The topological polar surface area (TPSA) is 73.8 Å². The second kappa shape index (κ2) is 6.01. The molecule has 0 radical (unpaired) electrons. The molecule has 0 spiro atoms. The number of rotatable bonds is 3. The van der Waals surface area contributed by atoms with Crippen LogP contribution < -0.4 is 5.14 Å². The maximum Gasteiger partial charge on any atom is 0.434 e. The van der Waals surface area contributed by atoms with Crippen molar-refractivity contribution < 1.29 is 17.4 Å². The van der Waals surface area contributed by atoms with Gasteiger partial charge in [0.05, 0.1) is 9.71 Å². The van der Waals surface area contributed by atoms with Crippen molar-refractivity contribution in [1.29, 1.82) is 0 Å². The summed E-state index contributed by atoms with van der Waals surface area (Å²) in [5.41, 5.74) is -0.175. The zero-order chi connectivity index (χ0) is 18.2. The number of nitrogens with two attached hydrogens (primary N) is 1. The van der Waals surface area contributed by atoms with Crippen LogP contribution in [0.5, 0.6) is 0 Å². The summed E-state index contributed by atoms with van der Waals surface area (Å²) < 4.78 is 52.3. The van der Waals surface area contributed by atoms with Crippen LogP contribution in [0.1, 0.15) is 5.69 Å². The maximum absolute atomic E-state index is 13.1. The van der Waals surface area contributed by atoms with E-state index in [0.717, 1.165) is 6.20 Å². The summed E-state index contributed by atoms with van der Waals surface area (Å²) in [5.74, 6) is 3.47. The molecule has 9 heteroatoms. The molecule has 0 fully saturated rings. The average molecular weight is 366 g/mol. The third-order valence-corrected chi connectivity index (χ3v) is 4.50. The number of hydrogen-bond acceptors (Lipinski definition) is 3. The first-order valence-corrected chi connectivity index (χ1v) is 8.78. The van der Waals surface area contributed by atoms with Crippen LogP contribution in [0.3, 0.4) is 0 Å². The minimum absolute atomic E-state index is 0.0938. The van der Waals surface area contributed by atoms with Gasteiger partial charge in [0.15, 0.2) is 5.69 Å². The molecule has 3 rings (SSSR count). The number of alkyl halides is 3.